The molecule has 0 unspecified atom stereocenters. The number of rotatable bonds is 3. The van der Waals surface area contributed by atoms with Crippen LogP contribution >= 0.6 is 0 Å². The first-order valence-corrected chi connectivity index (χ1v) is 4.72. The molecule has 0 radical (unpaired) electrons. The van der Waals surface area contributed by atoms with E-state index in [1.54, 1.807) is 6.08 Å². The number of hydrogen-bond acceptors (Lipinski definition) is 2. The third-order valence-electron chi connectivity index (χ3n) is 1.99. The SMILES string of the molecule is NCCC=Cc1cc(C(F)(F)F)ccc1O. The molecule has 0 atom stereocenters. The van der Waals surface area contributed by atoms with Crippen molar-refractivity contribution in [1.29, 1.82) is 0 Å². The minimum absolute atomic E-state index is 0.142. The van der Waals surface area contributed by atoms with Crippen molar-refractivity contribution in [3.05, 3.63) is 35.4 Å². The Hall–Kier alpha value is -1.49. The van der Waals surface area contributed by atoms with Crippen LogP contribution in [0.1, 0.15) is 17.5 Å². The molecule has 88 valence electrons. The summed E-state index contributed by atoms with van der Waals surface area (Å²) in [4.78, 5) is 0. The van der Waals surface area contributed by atoms with E-state index in [1.807, 2.05) is 0 Å². The summed E-state index contributed by atoms with van der Waals surface area (Å²) in [6, 6.07) is 2.78. The molecule has 0 bridgehead atoms. The Morgan fingerprint density at radius 1 is 1.31 bits per heavy atom. The quantitative estimate of drug-likeness (QED) is 0.840. The Balaban J connectivity index is 3.00. The van der Waals surface area contributed by atoms with E-state index in [0.717, 1.165) is 18.2 Å². The van der Waals surface area contributed by atoms with Gasteiger partial charge in [0.25, 0.3) is 0 Å². The Kier molecular flexibility index (Phi) is 3.95. The fourth-order valence-corrected chi connectivity index (χ4v) is 1.17. The second kappa shape index (κ2) is 5.03. The zero-order valence-corrected chi connectivity index (χ0v) is 8.46. The van der Waals surface area contributed by atoms with Crippen molar-refractivity contribution in [2.45, 2.75) is 12.6 Å². The fourth-order valence-electron chi connectivity index (χ4n) is 1.17. The molecular weight excluding hydrogens is 219 g/mol. The zero-order chi connectivity index (χ0) is 12.2. The molecule has 0 aliphatic heterocycles. The average molecular weight is 231 g/mol. The number of hydrogen-bond donors (Lipinski definition) is 2. The standard InChI is InChI=1S/C11H12F3NO/c12-11(13,14)9-4-5-10(16)8(7-9)3-1-2-6-15/h1,3-5,7,16H,2,6,15H2. The third kappa shape index (κ3) is 3.27. The van der Waals surface area contributed by atoms with Gasteiger partial charge in [-0.15, -0.1) is 0 Å². The molecule has 1 aromatic carbocycles. The van der Waals surface area contributed by atoms with Gasteiger partial charge in [-0.1, -0.05) is 12.2 Å². The predicted octanol–water partition coefficient (Wildman–Crippen LogP) is 2.77. The Labute approximate surface area is 91.2 Å². The number of aromatic hydroxyl groups is 1. The molecular formula is C11H12F3NO. The van der Waals surface area contributed by atoms with Crippen molar-refractivity contribution in [3.63, 3.8) is 0 Å². The van der Waals surface area contributed by atoms with Crippen LogP contribution in [0.4, 0.5) is 13.2 Å². The topological polar surface area (TPSA) is 46.2 Å². The van der Waals surface area contributed by atoms with Crippen LogP contribution in [0.3, 0.4) is 0 Å². The van der Waals surface area contributed by atoms with Crippen molar-refractivity contribution >= 4 is 6.08 Å². The van der Waals surface area contributed by atoms with E-state index >= 15 is 0 Å². The van der Waals surface area contributed by atoms with Crippen LogP contribution in [0.2, 0.25) is 0 Å². The second-order valence-corrected chi connectivity index (χ2v) is 3.25. The summed E-state index contributed by atoms with van der Waals surface area (Å²) in [6.45, 7) is 0.413. The van der Waals surface area contributed by atoms with E-state index < -0.39 is 11.7 Å². The van der Waals surface area contributed by atoms with E-state index in [2.05, 4.69) is 0 Å². The minimum Gasteiger partial charge on any atom is -0.507 e. The predicted molar refractivity (Wildman–Crippen MR) is 55.8 cm³/mol. The molecule has 0 aliphatic rings. The van der Waals surface area contributed by atoms with Gasteiger partial charge in [0.2, 0.25) is 0 Å². The maximum atomic E-state index is 12.4. The molecule has 0 saturated carbocycles. The number of phenols is 1. The van der Waals surface area contributed by atoms with Gasteiger partial charge < -0.3 is 10.8 Å². The molecule has 0 amide bonds. The Morgan fingerprint density at radius 3 is 2.56 bits per heavy atom. The van der Waals surface area contributed by atoms with Crippen LogP contribution in [-0.2, 0) is 6.18 Å². The summed E-state index contributed by atoms with van der Waals surface area (Å²) in [5.74, 6) is -0.179. The maximum absolute atomic E-state index is 12.4. The first-order chi connectivity index (χ1) is 7.45. The highest BCUT2D eigenvalue weighted by atomic mass is 19.4. The Morgan fingerprint density at radius 2 is 2.00 bits per heavy atom. The number of alkyl halides is 3. The summed E-state index contributed by atoms with van der Waals surface area (Å²) in [7, 11) is 0. The molecule has 5 heteroatoms. The molecule has 1 rings (SSSR count). The summed E-state index contributed by atoms with van der Waals surface area (Å²) >= 11 is 0. The molecule has 3 N–H and O–H groups in total. The van der Waals surface area contributed by atoms with Crippen LogP contribution in [0, 0.1) is 0 Å². The summed E-state index contributed by atoms with van der Waals surface area (Å²) in [6.07, 6.45) is -0.799. The minimum atomic E-state index is -4.40. The molecule has 0 spiro atoms. The van der Waals surface area contributed by atoms with E-state index in [9.17, 15) is 18.3 Å². The molecule has 2 nitrogen and oxygen atoms in total. The molecule has 0 aliphatic carbocycles. The third-order valence-corrected chi connectivity index (χ3v) is 1.99. The smallest absolute Gasteiger partial charge is 0.416 e. The van der Waals surface area contributed by atoms with Gasteiger partial charge in [-0.05, 0) is 31.2 Å². The number of benzene rings is 1. The van der Waals surface area contributed by atoms with E-state index in [-0.39, 0.29) is 11.3 Å². The number of phenolic OH excluding ortho intramolecular Hbond substituents is 1. The molecule has 0 fully saturated rings. The fraction of sp³-hybridized carbons (Fsp3) is 0.273. The highest BCUT2D eigenvalue weighted by Crippen LogP contribution is 2.32. The van der Waals surface area contributed by atoms with Crippen molar-refractivity contribution in [2.24, 2.45) is 5.73 Å². The molecule has 0 aromatic heterocycles. The van der Waals surface area contributed by atoms with Crippen LogP contribution in [-0.4, -0.2) is 11.7 Å². The molecule has 16 heavy (non-hydrogen) atoms. The van der Waals surface area contributed by atoms with Crippen molar-refractivity contribution in [2.75, 3.05) is 6.54 Å². The Bertz CT molecular complexity index is 385. The highest BCUT2D eigenvalue weighted by molar-refractivity contribution is 5.58. The number of halogens is 3. The van der Waals surface area contributed by atoms with Gasteiger partial charge in [-0.2, -0.15) is 13.2 Å². The van der Waals surface area contributed by atoms with Gasteiger partial charge in [-0.3, -0.25) is 0 Å². The maximum Gasteiger partial charge on any atom is 0.416 e. The van der Waals surface area contributed by atoms with Crippen molar-refractivity contribution < 1.29 is 18.3 Å². The van der Waals surface area contributed by atoms with Crippen LogP contribution < -0.4 is 5.73 Å². The van der Waals surface area contributed by atoms with Crippen LogP contribution in [0.25, 0.3) is 6.08 Å². The monoisotopic (exact) mass is 231 g/mol. The molecule has 0 heterocycles. The summed E-state index contributed by atoms with van der Waals surface area (Å²) < 4.78 is 37.1. The van der Waals surface area contributed by atoms with Crippen LogP contribution in [0.5, 0.6) is 5.75 Å². The molecule has 0 saturated heterocycles. The van der Waals surface area contributed by atoms with Gasteiger partial charge in [-0.25, -0.2) is 0 Å². The van der Waals surface area contributed by atoms with E-state index in [0.29, 0.717) is 13.0 Å². The zero-order valence-electron chi connectivity index (χ0n) is 8.46. The first kappa shape index (κ1) is 12.6. The lowest BCUT2D eigenvalue weighted by Gasteiger charge is -2.08. The lowest BCUT2D eigenvalue weighted by atomic mass is 10.1. The molecule has 1 aromatic rings. The lowest BCUT2D eigenvalue weighted by Crippen LogP contribution is -2.04. The lowest BCUT2D eigenvalue weighted by molar-refractivity contribution is -0.137. The summed E-state index contributed by atoms with van der Waals surface area (Å²) in [5, 5.41) is 9.35. The normalized spacial score (nSPS) is 12.2. The number of nitrogens with two attached hydrogens (primary N) is 1. The van der Waals surface area contributed by atoms with Crippen molar-refractivity contribution in [1.82, 2.24) is 0 Å². The van der Waals surface area contributed by atoms with Gasteiger partial charge >= 0.3 is 6.18 Å². The largest absolute Gasteiger partial charge is 0.507 e. The van der Waals surface area contributed by atoms with Gasteiger partial charge in [0.1, 0.15) is 5.75 Å². The van der Waals surface area contributed by atoms with Gasteiger partial charge in [0, 0.05) is 5.56 Å². The van der Waals surface area contributed by atoms with Crippen molar-refractivity contribution in [3.8, 4) is 5.75 Å². The summed E-state index contributed by atoms with van der Waals surface area (Å²) in [5.41, 5.74) is 4.60. The average Bonchev–Trinajstić information content (AvgIpc) is 2.19. The van der Waals surface area contributed by atoms with E-state index in [1.165, 1.54) is 6.08 Å². The van der Waals surface area contributed by atoms with E-state index in [4.69, 9.17) is 5.73 Å². The first-order valence-electron chi connectivity index (χ1n) is 4.72. The second-order valence-electron chi connectivity index (χ2n) is 3.25. The van der Waals surface area contributed by atoms with Gasteiger partial charge in [0.05, 0.1) is 5.56 Å². The van der Waals surface area contributed by atoms with Gasteiger partial charge in [0.15, 0.2) is 0 Å². The highest BCUT2D eigenvalue weighted by Gasteiger charge is 2.30. The van der Waals surface area contributed by atoms with Crippen LogP contribution in [0.15, 0.2) is 24.3 Å².